The van der Waals surface area contributed by atoms with Crippen molar-refractivity contribution in [1.29, 1.82) is 0 Å². The van der Waals surface area contributed by atoms with Crippen molar-refractivity contribution in [2.75, 3.05) is 0 Å². The van der Waals surface area contributed by atoms with Crippen LogP contribution in [0.15, 0.2) is 23.3 Å². The van der Waals surface area contributed by atoms with Crippen molar-refractivity contribution < 1.29 is 75.2 Å². The van der Waals surface area contributed by atoms with Gasteiger partial charge in [-0.25, -0.2) is 48.3 Å². The van der Waals surface area contributed by atoms with Gasteiger partial charge >= 0.3 is 7.12 Å². The van der Waals surface area contributed by atoms with Crippen LogP contribution in [-0.2, 0) is 0 Å². The first-order valence-electron chi connectivity index (χ1n) is 8.80. The van der Waals surface area contributed by atoms with Crippen LogP contribution < -0.4 is 9.31 Å². The maximum absolute atomic E-state index is 14.7. The van der Waals surface area contributed by atoms with Crippen LogP contribution in [0.2, 0.25) is 0 Å². The maximum atomic E-state index is 14.7. The molecule has 0 saturated heterocycles. The first kappa shape index (κ1) is 28.6. The molecule has 0 radical (unpaired) electrons. The van der Waals surface area contributed by atoms with Crippen molar-refractivity contribution in [3.8, 4) is 11.5 Å². The summed E-state index contributed by atoms with van der Waals surface area (Å²) >= 11 is 1.87. The van der Waals surface area contributed by atoms with Gasteiger partial charge in [0.1, 0.15) is 0 Å². The van der Waals surface area contributed by atoms with Crippen LogP contribution in [0.3, 0.4) is 0 Å². The van der Waals surface area contributed by atoms with Crippen molar-refractivity contribution in [2.24, 2.45) is 0 Å². The van der Waals surface area contributed by atoms with E-state index >= 15 is 0 Å². The molecule has 2 atom stereocenters. The molecule has 0 fully saturated rings. The van der Waals surface area contributed by atoms with Crippen molar-refractivity contribution in [1.82, 2.24) is 0 Å². The molecule has 3 rings (SSSR count). The van der Waals surface area contributed by atoms with E-state index in [-0.39, 0.29) is 0 Å². The molecule has 0 aliphatic heterocycles. The van der Waals surface area contributed by atoms with Gasteiger partial charge in [0.15, 0.2) is 45.2 Å². The molecule has 1 aliphatic carbocycles. The number of hydrogen-bond acceptors (Lipinski definition) is 2. The van der Waals surface area contributed by atoms with Crippen LogP contribution in [0, 0.1) is 58.2 Å². The Labute approximate surface area is 202 Å². The molecular formula is C18HBBrF15O2. The zero-order valence-corrected chi connectivity index (χ0v) is 18.1. The van der Waals surface area contributed by atoms with Gasteiger partial charge in [0.2, 0.25) is 58.2 Å². The number of benzene rings is 2. The van der Waals surface area contributed by atoms with E-state index in [1.54, 1.807) is 0 Å². The molecule has 0 saturated carbocycles. The number of hydrogen-bond donors (Lipinski definition) is 0. The van der Waals surface area contributed by atoms with Crippen LogP contribution in [0.25, 0.3) is 0 Å². The Hall–Kier alpha value is -2.99. The number of rotatable bonds is 5. The number of halogens is 16. The molecule has 2 unspecified atom stereocenters. The second-order valence-electron chi connectivity index (χ2n) is 6.79. The summed E-state index contributed by atoms with van der Waals surface area (Å²) in [5.41, 5.74) is 0. The Bertz CT molecular complexity index is 1250. The summed E-state index contributed by atoms with van der Waals surface area (Å²) in [6, 6.07) is 0. The molecule has 37 heavy (non-hydrogen) atoms. The monoisotopic (exact) mass is 624 g/mol. The molecule has 0 spiro atoms. The largest absolute Gasteiger partial charge is 0.624 e. The highest BCUT2D eigenvalue weighted by molar-refractivity contribution is 9.10. The van der Waals surface area contributed by atoms with Gasteiger partial charge in [-0.1, -0.05) is 15.9 Å². The fourth-order valence-electron chi connectivity index (χ4n) is 2.79. The van der Waals surface area contributed by atoms with E-state index in [1.807, 2.05) is 15.9 Å². The Balaban J connectivity index is 2.32. The SMILES string of the molecule is FC1=C(F)C(F)C(Br)(B(Oc2c(F)c(F)c(F)c(F)c2F)Oc2c(F)c(F)c(F)c(F)c2F)C(F)=C1F. The number of alkyl halides is 2. The second kappa shape index (κ2) is 9.72. The Morgan fingerprint density at radius 3 is 1.14 bits per heavy atom. The fourth-order valence-corrected chi connectivity index (χ4v) is 3.35. The zero-order valence-electron chi connectivity index (χ0n) is 16.5. The predicted molar refractivity (Wildman–Crippen MR) is 94.5 cm³/mol. The van der Waals surface area contributed by atoms with E-state index in [4.69, 9.17) is 0 Å². The van der Waals surface area contributed by atoms with Gasteiger partial charge in [-0.05, 0) is 0 Å². The van der Waals surface area contributed by atoms with Gasteiger partial charge < -0.3 is 9.31 Å². The normalized spacial score (nSPS) is 20.1. The van der Waals surface area contributed by atoms with Crippen LogP contribution in [-0.4, -0.2) is 17.5 Å². The van der Waals surface area contributed by atoms with Crippen LogP contribution >= 0.6 is 15.9 Å². The van der Waals surface area contributed by atoms with Gasteiger partial charge in [-0.2, -0.15) is 17.6 Å². The third-order valence-electron chi connectivity index (χ3n) is 4.65. The smallest absolute Gasteiger partial charge is 0.520 e. The summed E-state index contributed by atoms with van der Waals surface area (Å²) in [5, 5.41) is 0. The topological polar surface area (TPSA) is 18.5 Å². The molecule has 200 valence electrons. The van der Waals surface area contributed by atoms with Crippen molar-refractivity contribution in [3.63, 3.8) is 0 Å². The van der Waals surface area contributed by atoms with Gasteiger partial charge in [0, 0.05) is 0 Å². The van der Waals surface area contributed by atoms with Crippen molar-refractivity contribution >= 4 is 23.0 Å². The van der Waals surface area contributed by atoms with Gasteiger partial charge in [-0.15, -0.1) is 0 Å². The molecule has 0 amide bonds. The molecule has 2 aromatic rings. The minimum atomic E-state index is -4.20. The lowest BCUT2D eigenvalue weighted by Crippen LogP contribution is -2.58. The summed E-state index contributed by atoms with van der Waals surface area (Å²) in [5.74, 6) is -45.4. The van der Waals surface area contributed by atoms with Crippen molar-refractivity contribution in [3.05, 3.63) is 81.5 Å². The Kier molecular flexibility index (Phi) is 7.51. The van der Waals surface area contributed by atoms with Gasteiger partial charge in [0.05, 0.1) is 0 Å². The lowest BCUT2D eigenvalue weighted by Gasteiger charge is -2.34. The van der Waals surface area contributed by atoms with Gasteiger partial charge in [-0.3, -0.25) is 0 Å². The molecular weight excluding hydrogens is 624 g/mol. The molecule has 1 aliphatic rings. The first-order valence-corrected chi connectivity index (χ1v) is 9.59. The molecule has 2 nitrogen and oxygen atoms in total. The second-order valence-corrected chi connectivity index (χ2v) is 8.10. The lowest BCUT2D eigenvalue weighted by molar-refractivity contribution is 0.233. The van der Waals surface area contributed by atoms with Crippen LogP contribution in [0.1, 0.15) is 0 Å². The summed E-state index contributed by atoms with van der Waals surface area (Å²) in [7, 11) is -3.84. The summed E-state index contributed by atoms with van der Waals surface area (Å²) in [6.07, 6.45) is -3.99. The predicted octanol–water partition coefficient (Wildman–Crippen LogP) is 7.35. The molecule has 0 aromatic heterocycles. The van der Waals surface area contributed by atoms with E-state index in [0.717, 1.165) is 0 Å². The number of allylic oxidation sites excluding steroid dienone is 4. The fraction of sp³-hybridized carbons (Fsp3) is 0.111. The quantitative estimate of drug-likeness (QED) is 0.114. The molecule has 2 aromatic carbocycles. The average molecular weight is 625 g/mol. The van der Waals surface area contributed by atoms with Gasteiger partial charge in [0.25, 0.3) is 0 Å². The molecule has 0 bridgehead atoms. The third kappa shape index (κ3) is 4.19. The van der Waals surface area contributed by atoms with E-state index in [0.29, 0.717) is 0 Å². The summed E-state index contributed by atoms with van der Waals surface area (Å²) < 4.78 is 212. The average Bonchev–Trinajstić information content (AvgIpc) is 2.88. The summed E-state index contributed by atoms with van der Waals surface area (Å²) in [6.45, 7) is 0. The highest BCUT2D eigenvalue weighted by Crippen LogP contribution is 2.49. The third-order valence-corrected chi connectivity index (χ3v) is 5.78. The van der Waals surface area contributed by atoms with Crippen molar-refractivity contribution in [2.45, 2.75) is 10.4 Å². The standard InChI is InChI=1S/C18HBBrF15O2/c20-18(16(34)12(32)7(27)13(33)17(18)35)19(36-14-8(28)3(23)1(21)4(24)9(14)29)37-15-10(30)5(25)2(22)6(26)11(15)31/h16H. The van der Waals surface area contributed by atoms with Crippen LogP contribution in [0.5, 0.6) is 11.5 Å². The minimum Gasteiger partial charge on any atom is -0.520 e. The zero-order chi connectivity index (χ0) is 28.3. The van der Waals surface area contributed by atoms with E-state index in [1.165, 1.54) is 0 Å². The first-order chi connectivity index (χ1) is 17.0. The van der Waals surface area contributed by atoms with E-state index in [2.05, 4.69) is 9.31 Å². The Morgan fingerprint density at radius 1 is 0.514 bits per heavy atom. The van der Waals surface area contributed by atoms with Crippen LogP contribution in [0.4, 0.5) is 65.9 Å². The maximum Gasteiger partial charge on any atom is 0.624 e. The molecule has 19 heteroatoms. The highest BCUT2D eigenvalue weighted by Gasteiger charge is 2.65. The highest BCUT2D eigenvalue weighted by atomic mass is 79.9. The lowest BCUT2D eigenvalue weighted by atomic mass is 9.65. The molecule has 0 heterocycles. The van der Waals surface area contributed by atoms with E-state index < -0.39 is 110 Å². The molecule has 0 N–H and O–H groups in total. The van der Waals surface area contributed by atoms with E-state index in [9.17, 15) is 65.9 Å². The Morgan fingerprint density at radius 2 is 0.811 bits per heavy atom. The summed E-state index contributed by atoms with van der Waals surface area (Å²) in [4.78, 5) is 0. The minimum absolute atomic E-state index is 1.87.